The van der Waals surface area contributed by atoms with Gasteiger partial charge in [0, 0.05) is 5.02 Å². The van der Waals surface area contributed by atoms with Gasteiger partial charge in [-0.2, -0.15) is 4.91 Å². The Morgan fingerprint density at radius 1 is 1.37 bits per heavy atom. The highest BCUT2D eigenvalue weighted by Crippen LogP contribution is 2.52. The van der Waals surface area contributed by atoms with Crippen LogP contribution in [0.3, 0.4) is 0 Å². The lowest BCUT2D eigenvalue weighted by molar-refractivity contribution is 0.0792. The number of aliphatic hydroxyl groups is 1. The molecule has 0 aliphatic heterocycles. The highest BCUT2D eigenvalue weighted by molar-refractivity contribution is 6.30. The summed E-state index contributed by atoms with van der Waals surface area (Å²) in [6.45, 7) is 3.86. The molecule has 1 saturated carbocycles. The molecule has 1 N–H and O–H groups in total. The summed E-state index contributed by atoms with van der Waals surface area (Å²) in [6.07, 6.45) is 2.59. The highest BCUT2D eigenvalue weighted by Gasteiger charge is 2.56. The minimum Gasteiger partial charge on any atom is -0.394 e. The monoisotopic (exact) mass is 281 g/mol. The summed E-state index contributed by atoms with van der Waals surface area (Å²) >= 11 is 5.88. The molecule has 2 rings (SSSR count). The summed E-state index contributed by atoms with van der Waals surface area (Å²) in [5, 5.41) is 13.8. The first-order chi connectivity index (χ1) is 8.95. The topological polar surface area (TPSA) is 49.7 Å². The van der Waals surface area contributed by atoms with E-state index in [1.165, 1.54) is 0 Å². The summed E-state index contributed by atoms with van der Waals surface area (Å²) in [5.74, 6) is 0.0891. The minimum absolute atomic E-state index is 0.0891. The molecule has 0 amide bonds. The maximum Gasteiger partial charge on any atom is 0.134 e. The van der Waals surface area contributed by atoms with Gasteiger partial charge in [-0.05, 0) is 48.3 Å². The molecule has 1 aromatic rings. The second-order valence-electron chi connectivity index (χ2n) is 6.12. The Kier molecular flexibility index (Phi) is 3.98. The van der Waals surface area contributed by atoms with E-state index in [-0.39, 0.29) is 17.9 Å². The molecule has 4 heteroatoms. The first-order valence-electron chi connectivity index (χ1n) is 6.65. The Hall–Kier alpha value is -0.930. The van der Waals surface area contributed by atoms with Crippen LogP contribution in [0.15, 0.2) is 29.4 Å². The predicted molar refractivity (Wildman–Crippen MR) is 77.3 cm³/mol. The second-order valence-corrected chi connectivity index (χ2v) is 6.56. The minimum atomic E-state index is -0.868. The van der Waals surface area contributed by atoms with E-state index in [2.05, 4.69) is 5.18 Å². The molecular formula is C15H20ClNO2. The fourth-order valence-electron chi connectivity index (χ4n) is 3.29. The summed E-state index contributed by atoms with van der Waals surface area (Å²) in [7, 11) is 0. The number of rotatable bonds is 4. The SMILES string of the molecule is CC1(C)CC[C@H](Cc2ccc(Cl)cc2)[C@]1(CO)N=O. The molecule has 0 spiro atoms. The summed E-state index contributed by atoms with van der Waals surface area (Å²) in [6, 6.07) is 7.65. The second kappa shape index (κ2) is 5.22. The maximum absolute atomic E-state index is 11.4. The molecule has 0 radical (unpaired) electrons. The van der Waals surface area contributed by atoms with Crippen molar-refractivity contribution >= 4 is 11.6 Å². The molecule has 1 aromatic carbocycles. The van der Waals surface area contributed by atoms with Crippen molar-refractivity contribution < 1.29 is 5.11 Å². The number of hydrogen-bond acceptors (Lipinski definition) is 3. The Bertz CT molecular complexity index is 458. The average Bonchev–Trinajstić information content (AvgIpc) is 2.64. The van der Waals surface area contributed by atoms with Crippen molar-refractivity contribution in [2.45, 2.75) is 38.6 Å². The van der Waals surface area contributed by atoms with Crippen LogP contribution in [0.2, 0.25) is 5.02 Å². The number of aliphatic hydroxyl groups excluding tert-OH is 1. The molecule has 0 bridgehead atoms. The van der Waals surface area contributed by atoms with E-state index in [1.54, 1.807) is 0 Å². The van der Waals surface area contributed by atoms with Crippen molar-refractivity contribution in [2.24, 2.45) is 16.5 Å². The van der Waals surface area contributed by atoms with Crippen molar-refractivity contribution in [1.29, 1.82) is 0 Å². The van der Waals surface area contributed by atoms with Gasteiger partial charge < -0.3 is 5.11 Å². The van der Waals surface area contributed by atoms with E-state index < -0.39 is 5.54 Å². The lowest BCUT2D eigenvalue weighted by atomic mass is 9.71. The first kappa shape index (κ1) is 14.5. The van der Waals surface area contributed by atoms with Crippen LogP contribution in [0.4, 0.5) is 0 Å². The van der Waals surface area contributed by atoms with Gasteiger partial charge >= 0.3 is 0 Å². The smallest absolute Gasteiger partial charge is 0.134 e. The van der Waals surface area contributed by atoms with Crippen LogP contribution in [0, 0.1) is 16.2 Å². The van der Waals surface area contributed by atoms with Gasteiger partial charge in [-0.1, -0.05) is 42.8 Å². The molecule has 2 atom stereocenters. The molecule has 19 heavy (non-hydrogen) atoms. The van der Waals surface area contributed by atoms with Crippen LogP contribution in [0.5, 0.6) is 0 Å². The largest absolute Gasteiger partial charge is 0.394 e. The van der Waals surface area contributed by atoms with Crippen LogP contribution in [-0.2, 0) is 6.42 Å². The molecule has 0 unspecified atom stereocenters. The molecule has 0 saturated heterocycles. The van der Waals surface area contributed by atoms with Gasteiger partial charge in [-0.15, -0.1) is 0 Å². The van der Waals surface area contributed by atoms with Gasteiger partial charge in [0.1, 0.15) is 5.54 Å². The first-order valence-corrected chi connectivity index (χ1v) is 7.03. The number of halogens is 1. The van der Waals surface area contributed by atoms with Crippen LogP contribution >= 0.6 is 11.6 Å². The maximum atomic E-state index is 11.4. The standard InChI is InChI=1S/C15H20ClNO2/c1-14(2)8-7-12(15(14,10-18)17-19)9-11-3-5-13(16)6-4-11/h3-6,12,18H,7-10H2,1-2H3/t12-,15+/m1/s1. The number of hydrogen-bond donors (Lipinski definition) is 1. The van der Waals surface area contributed by atoms with Crippen molar-refractivity contribution in [3.05, 3.63) is 39.8 Å². The molecule has 1 aliphatic carbocycles. The normalized spacial score (nSPS) is 29.4. The van der Waals surface area contributed by atoms with Crippen molar-refractivity contribution in [3.8, 4) is 0 Å². The van der Waals surface area contributed by atoms with E-state index >= 15 is 0 Å². The Morgan fingerprint density at radius 3 is 2.53 bits per heavy atom. The fraction of sp³-hybridized carbons (Fsp3) is 0.600. The van der Waals surface area contributed by atoms with E-state index in [0.29, 0.717) is 5.02 Å². The van der Waals surface area contributed by atoms with Gasteiger partial charge in [-0.25, -0.2) is 0 Å². The Morgan fingerprint density at radius 2 is 2.00 bits per heavy atom. The third-order valence-electron chi connectivity index (χ3n) is 4.76. The zero-order valence-corrected chi connectivity index (χ0v) is 12.2. The predicted octanol–water partition coefficient (Wildman–Crippen LogP) is 3.82. The molecule has 0 aromatic heterocycles. The van der Waals surface area contributed by atoms with Gasteiger partial charge in [-0.3, -0.25) is 0 Å². The van der Waals surface area contributed by atoms with Gasteiger partial charge in [0.05, 0.1) is 6.61 Å². The molecule has 104 valence electrons. The zero-order valence-electron chi connectivity index (χ0n) is 11.4. The summed E-state index contributed by atoms with van der Waals surface area (Å²) in [5.41, 5.74) is 0.0151. The quantitative estimate of drug-likeness (QED) is 0.853. The van der Waals surface area contributed by atoms with Crippen molar-refractivity contribution in [1.82, 2.24) is 0 Å². The van der Waals surface area contributed by atoms with Gasteiger partial charge in [0.25, 0.3) is 0 Å². The third kappa shape index (κ3) is 2.41. The fourth-order valence-corrected chi connectivity index (χ4v) is 3.41. The van der Waals surface area contributed by atoms with Crippen LogP contribution in [-0.4, -0.2) is 17.3 Å². The van der Waals surface area contributed by atoms with E-state index in [0.717, 1.165) is 24.8 Å². The number of benzene rings is 1. The number of nitrogens with zero attached hydrogens (tertiary/aromatic N) is 1. The van der Waals surface area contributed by atoms with Crippen LogP contribution in [0.25, 0.3) is 0 Å². The summed E-state index contributed by atoms with van der Waals surface area (Å²) < 4.78 is 0. The van der Waals surface area contributed by atoms with Crippen LogP contribution in [0.1, 0.15) is 32.3 Å². The molecule has 1 fully saturated rings. The Labute approximate surface area is 119 Å². The highest BCUT2D eigenvalue weighted by atomic mass is 35.5. The zero-order chi connectivity index (χ0) is 14.1. The van der Waals surface area contributed by atoms with Crippen molar-refractivity contribution in [2.75, 3.05) is 6.61 Å². The van der Waals surface area contributed by atoms with E-state index in [9.17, 15) is 10.0 Å². The summed E-state index contributed by atoms with van der Waals surface area (Å²) in [4.78, 5) is 11.4. The van der Waals surface area contributed by atoms with Gasteiger partial charge in [0.15, 0.2) is 0 Å². The van der Waals surface area contributed by atoms with Crippen molar-refractivity contribution in [3.63, 3.8) is 0 Å². The van der Waals surface area contributed by atoms with E-state index in [1.807, 2.05) is 38.1 Å². The molecule has 0 heterocycles. The molecular weight excluding hydrogens is 262 g/mol. The molecule has 3 nitrogen and oxygen atoms in total. The number of nitroso groups, excluding NO2 is 1. The third-order valence-corrected chi connectivity index (χ3v) is 5.02. The van der Waals surface area contributed by atoms with Gasteiger partial charge in [0.2, 0.25) is 0 Å². The Balaban J connectivity index is 2.24. The van der Waals surface area contributed by atoms with E-state index in [4.69, 9.17) is 11.6 Å². The lowest BCUT2D eigenvalue weighted by Crippen LogP contribution is -2.47. The lowest BCUT2D eigenvalue weighted by Gasteiger charge is -2.37. The average molecular weight is 282 g/mol. The molecule has 1 aliphatic rings. The van der Waals surface area contributed by atoms with Crippen LogP contribution < -0.4 is 0 Å².